The Morgan fingerprint density at radius 3 is 2.70 bits per heavy atom. The van der Waals surface area contributed by atoms with Crippen molar-refractivity contribution in [1.29, 1.82) is 0 Å². The summed E-state index contributed by atoms with van der Waals surface area (Å²) < 4.78 is 9.46. The first-order chi connectivity index (χ1) is 11.2. The van der Waals surface area contributed by atoms with Crippen molar-refractivity contribution in [3.05, 3.63) is 64.2 Å². The molecule has 0 aliphatic rings. The highest BCUT2D eigenvalue weighted by atomic mass is 35.5. The molecule has 1 aromatic carbocycles. The van der Waals surface area contributed by atoms with Crippen LogP contribution in [0.5, 0.6) is 5.75 Å². The van der Waals surface area contributed by atoms with E-state index in [4.69, 9.17) is 15.8 Å². The van der Waals surface area contributed by atoms with Gasteiger partial charge >= 0.3 is 0 Å². The summed E-state index contributed by atoms with van der Waals surface area (Å²) in [6.07, 6.45) is 3.20. The molecule has 0 aliphatic carbocycles. The van der Waals surface area contributed by atoms with Crippen LogP contribution < -0.4 is 14.5 Å². The zero-order chi connectivity index (χ0) is 16.2. The minimum atomic E-state index is -0.182. The average molecular weight is 349 g/mol. The zero-order valence-electron chi connectivity index (χ0n) is 12.1. The number of halogens is 1. The van der Waals surface area contributed by atoms with Gasteiger partial charge in [-0.05, 0) is 36.9 Å². The van der Waals surface area contributed by atoms with E-state index in [1.807, 2.05) is 0 Å². The maximum atomic E-state index is 12.5. The molecular formula is C15H13ClN4O2S. The van der Waals surface area contributed by atoms with Crippen molar-refractivity contribution in [2.75, 3.05) is 7.05 Å². The topological polar surface area (TPSA) is 71.9 Å². The normalized spacial score (nSPS) is 10.7. The van der Waals surface area contributed by atoms with Crippen molar-refractivity contribution in [2.24, 2.45) is 0 Å². The van der Waals surface area contributed by atoms with E-state index < -0.39 is 0 Å². The fraction of sp³-hybridized carbons (Fsp3) is 0.0667. The van der Waals surface area contributed by atoms with Crippen LogP contribution in [0.25, 0.3) is 16.9 Å². The number of nitrogens with one attached hydrogen (secondary N) is 2. The highest BCUT2D eigenvalue weighted by molar-refractivity contribution is 7.93. The molecule has 3 rings (SSSR count). The first-order valence-electron chi connectivity index (χ1n) is 6.72. The third-order valence-corrected chi connectivity index (χ3v) is 3.79. The van der Waals surface area contributed by atoms with Gasteiger partial charge in [-0.25, -0.2) is 14.4 Å². The van der Waals surface area contributed by atoms with Crippen LogP contribution in [0.1, 0.15) is 0 Å². The predicted octanol–water partition coefficient (Wildman–Crippen LogP) is 3.04. The van der Waals surface area contributed by atoms with Crippen LogP contribution in [0.3, 0.4) is 0 Å². The Bertz CT molecular complexity index is 843. The van der Waals surface area contributed by atoms with Crippen LogP contribution in [0.15, 0.2) is 53.6 Å². The number of benzene rings is 1. The first kappa shape index (κ1) is 15.7. The fourth-order valence-corrected chi connectivity index (χ4v) is 2.42. The van der Waals surface area contributed by atoms with Gasteiger partial charge in [0.1, 0.15) is 12.2 Å². The van der Waals surface area contributed by atoms with Crippen molar-refractivity contribution < 1.29 is 4.18 Å². The van der Waals surface area contributed by atoms with E-state index in [-0.39, 0.29) is 5.56 Å². The number of H-pyrrole nitrogens is 1. The molecule has 0 bridgehead atoms. The molecule has 0 unspecified atom stereocenters. The molecule has 3 aromatic rings. The van der Waals surface area contributed by atoms with Crippen LogP contribution >= 0.6 is 23.8 Å². The van der Waals surface area contributed by atoms with E-state index in [0.29, 0.717) is 22.2 Å². The second-order valence-corrected chi connectivity index (χ2v) is 5.74. The summed E-state index contributed by atoms with van der Waals surface area (Å²) in [6, 6.07) is 10.5. The standard InChI is InChI=1S/C15H13ClN4O2S/c1-17-23-22-12-6-7-14(18-8-12)20-15(21)13(9-19-20)10-2-4-11(16)5-3-10/h2-9,17,19H,1H3. The number of pyridine rings is 1. The highest BCUT2D eigenvalue weighted by Gasteiger charge is 2.11. The third-order valence-electron chi connectivity index (χ3n) is 3.10. The monoisotopic (exact) mass is 348 g/mol. The van der Waals surface area contributed by atoms with Gasteiger partial charge in [-0.3, -0.25) is 9.89 Å². The second-order valence-electron chi connectivity index (χ2n) is 4.56. The van der Waals surface area contributed by atoms with Gasteiger partial charge in [-0.1, -0.05) is 23.7 Å². The van der Waals surface area contributed by atoms with E-state index in [1.54, 1.807) is 55.8 Å². The summed E-state index contributed by atoms with van der Waals surface area (Å²) >= 11 is 6.96. The molecule has 0 radical (unpaired) electrons. The summed E-state index contributed by atoms with van der Waals surface area (Å²) in [5, 5.41) is 3.54. The van der Waals surface area contributed by atoms with Gasteiger partial charge in [0, 0.05) is 11.2 Å². The molecule has 0 atom stereocenters. The van der Waals surface area contributed by atoms with Crippen molar-refractivity contribution >= 4 is 23.8 Å². The number of hydrogen-bond donors (Lipinski definition) is 2. The molecule has 118 valence electrons. The van der Waals surface area contributed by atoms with Crippen LogP contribution in [-0.4, -0.2) is 21.8 Å². The van der Waals surface area contributed by atoms with E-state index in [0.717, 1.165) is 17.8 Å². The van der Waals surface area contributed by atoms with Gasteiger partial charge in [0.15, 0.2) is 11.6 Å². The maximum Gasteiger partial charge on any atom is 0.280 e. The van der Waals surface area contributed by atoms with E-state index in [9.17, 15) is 4.79 Å². The van der Waals surface area contributed by atoms with Crippen molar-refractivity contribution in [3.63, 3.8) is 0 Å². The molecule has 2 aromatic heterocycles. The fourth-order valence-electron chi connectivity index (χ4n) is 2.02. The Labute approximate surface area is 141 Å². The molecule has 23 heavy (non-hydrogen) atoms. The van der Waals surface area contributed by atoms with E-state index in [2.05, 4.69) is 14.8 Å². The summed E-state index contributed by atoms with van der Waals surface area (Å²) in [4.78, 5) is 16.8. The molecule has 2 N–H and O–H groups in total. The molecule has 0 fully saturated rings. The average Bonchev–Trinajstić information content (AvgIpc) is 2.96. The molecule has 2 heterocycles. The van der Waals surface area contributed by atoms with Gasteiger partial charge in [-0.15, -0.1) is 0 Å². The Kier molecular flexibility index (Phi) is 4.71. The van der Waals surface area contributed by atoms with Crippen molar-refractivity contribution in [3.8, 4) is 22.7 Å². The van der Waals surface area contributed by atoms with Gasteiger partial charge in [0.05, 0.1) is 11.8 Å². The molecule has 0 aliphatic heterocycles. The number of aromatic amines is 1. The highest BCUT2D eigenvalue weighted by Crippen LogP contribution is 2.19. The summed E-state index contributed by atoms with van der Waals surface area (Å²) in [6.45, 7) is 0. The number of aromatic nitrogens is 3. The number of rotatable bonds is 5. The van der Waals surface area contributed by atoms with Gasteiger partial charge in [0.25, 0.3) is 5.56 Å². The SMILES string of the molecule is CNSOc1ccc(-n2[nH]cc(-c3ccc(Cl)cc3)c2=O)nc1. The van der Waals surface area contributed by atoms with Crippen LogP contribution in [0.2, 0.25) is 5.02 Å². The maximum absolute atomic E-state index is 12.5. The Morgan fingerprint density at radius 1 is 1.26 bits per heavy atom. The lowest BCUT2D eigenvalue weighted by molar-refractivity contribution is 0.634. The number of hydrogen-bond acceptors (Lipinski definition) is 5. The lowest BCUT2D eigenvalue weighted by Crippen LogP contribution is -2.16. The predicted molar refractivity (Wildman–Crippen MR) is 91.9 cm³/mol. The molecule has 0 amide bonds. The smallest absolute Gasteiger partial charge is 0.280 e. The molecule has 0 spiro atoms. The van der Waals surface area contributed by atoms with Crippen molar-refractivity contribution in [2.45, 2.75) is 0 Å². The molecule has 6 nitrogen and oxygen atoms in total. The quantitative estimate of drug-likeness (QED) is 0.547. The van der Waals surface area contributed by atoms with Gasteiger partial charge in [-0.2, -0.15) is 0 Å². The van der Waals surface area contributed by atoms with Gasteiger partial charge < -0.3 is 4.18 Å². The van der Waals surface area contributed by atoms with E-state index in [1.165, 1.54) is 4.68 Å². The second kappa shape index (κ2) is 6.91. The minimum absolute atomic E-state index is 0.182. The first-order valence-corrected chi connectivity index (χ1v) is 7.84. The van der Waals surface area contributed by atoms with E-state index >= 15 is 0 Å². The lowest BCUT2D eigenvalue weighted by atomic mass is 10.1. The van der Waals surface area contributed by atoms with Crippen LogP contribution in [-0.2, 0) is 0 Å². The Hall–Kier alpha value is -2.22. The Balaban J connectivity index is 1.90. The zero-order valence-corrected chi connectivity index (χ0v) is 13.7. The van der Waals surface area contributed by atoms with Gasteiger partial charge in [0.2, 0.25) is 0 Å². The minimum Gasteiger partial charge on any atom is -0.408 e. The molecule has 0 saturated heterocycles. The number of nitrogens with zero attached hydrogens (tertiary/aromatic N) is 2. The van der Waals surface area contributed by atoms with Crippen LogP contribution in [0, 0.1) is 0 Å². The summed E-state index contributed by atoms with van der Waals surface area (Å²) in [7, 11) is 1.75. The molecule has 8 heteroatoms. The molecule has 0 saturated carbocycles. The Morgan fingerprint density at radius 2 is 2.04 bits per heavy atom. The molecular weight excluding hydrogens is 336 g/mol. The lowest BCUT2D eigenvalue weighted by Gasteiger charge is -2.03. The largest absolute Gasteiger partial charge is 0.408 e. The van der Waals surface area contributed by atoms with Crippen molar-refractivity contribution in [1.82, 2.24) is 19.5 Å². The van der Waals surface area contributed by atoms with Crippen LogP contribution in [0.4, 0.5) is 0 Å². The third kappa shape index (κ3) is 3.42. The summed E-state index contributed by atoms with van der Waals surface area (Å²) in [5.41, 5.74) is 1.16. The summed E-state index contributed by atoms with van der Waals surface area (Å²) in [5.74, 6) is 1.07.